The fraction of sp³-hybridized carbons (Fsp3) is 0.750. The van der Waals surface area contributed by atoms with E-state index in [1.54, 1.807) is 0 Å². The first-order valence-corrected chi connectivity index (χ1v) is 5.88. The van der Waals surface area contributed by atoms with E-state index >= 15 is 0 Å². The van der Waals surface area contributed by atoms with Crippen molar-refractivity contribution < 1.29 is 19.5 Å². The summed E-state index contributed by atoms with van der Waals surface area (Å²) in [4.78, 5) is 35.9. The summed E-state index contributed by atoms with van der Waals surface area (Å²) in [6, 6.07) is 0. The topological polar surface area (TPSA) is 74.7 Å². The van der Waals surface area contributed by atoms with E-state index in [1.165, 1.54) is 6.92 Å². The first-order chi connectivity index (χ1) is 7.79. The predicted molar refractivity (Wildman–Crippen MR) is 61.2 cm³/mol. The fourth-order valence-electron chi connectivity index (χ4n) is 2.37. The molecule has 1 atom stereocenters. The lowest BCUT2D eigenvalue weighted by atomic mass is 9.87. The summed E-state index contributed by atoms with van der Waals surface area (Å²) in [6.45, 7) is 5.20. The molecule has 0 radical (unpaired) electrons. The van der Waals surface area contributed by atoms with Crippen LogP contribution in [0.25, 0.3) is 0 Å². The molecule has 0 aromatic carbocycles. The number of imide groups is 1. The van der Waals surface area contributed by atoms with Crippen LogP contribution in [0.3, 0.4) is 0 Å². The fourth-order valence-corrected chi connectivity index (χ4v) is 2.37. The van der Waals surface area contributed by atoms with E-state index in [4.69, 9.17) is 0 Å². The summed E-state index contributed by atoms with van der Waals surface area (Å²) in [6.07, 6.45) is 1.31. The lowest BCUT2D eigenvalue weighted by Crippen LogP contribution is -2.59. The molecular weight excluding hydrogens is 222 g/mol. The first kappa shape index (κ1) is 13.7. The van der Waals surface area contributed by atoms with Crippen molar-refractivity contribution in [3.63, 3.8) is 0 Å². The molecule has 96 valence electrons. The average Bonchev–Trinajstić information content (AvgIpc) is 2.15. The molecule has 0 aromatic heterocycles. The molecule has 0 bridgehead atoms. The lowest BCUT2D eigenvalue weighted by molar-refractivity contribution is -0.168. The van der Waals surface area contributed by atoms with E-state index in [0.29, 0.717) is 6.42 Å². The number of carboxylic acid groups (broad SMARTS) is 1. The minimum atomic E-state index is -1.41. The zero-order valence-corrected chi connectivity index (χ0v) is 10.5. The van der Waals surface area contributed by atoms with Crippen molar-refractivity contribution in [2.45, 2.75) is 52.0 Å². The Hall–Kier alpha value is -1.39. The summed E-state index contributed by atoms with van der Waals surface area (Å²) < 4.78 is 0. The Balaban J connectivity index is 3.08. The van der Waals surface area contributed by atoms with Crippen molar-refractivity contribution in [1.29, 1.82) is 0 Å². The van der Waals surface area contributed by atoms with Gasteiger partial charge in [0, 0.05) is 12.8 Å². The Morgan fingerprint density at radius 1 is 1.35 bits per heavy atom. The molecule has 0 aliphatic carbocycles. The third-order valence-corrected chi connectivity index (χ3v) is 3.04. The predicted octanol–water partition coefficient (Wildman–Crippen LogP) is 1.41. The van der Waals surface area contributed by atoms with Gasteiger partial charge < -0.3 is 5.11 Å². The smallest absolute Gasteiger partial charge is 0.329 e. The van der Waals surface area contributed by atoms with Crippen LogP contribution in [-0.4, -0.2) is 33.3 Å². The Kier molecular flexibility index (Phi) is 3.91. The van der Waals surface area contributed by atoms with Gasteiger partial charge in [-0.25, -0.2) is 4.79 Å². The number of nitrogens with zero attached hydrogens (tertiary/aromatic N) is 1. The van der Waals surface area contributed by atoms with E-state index in [0.717, 1.165) is 4.90 Å². The minimum Gasteiger partial charge on any atom is -0.479 e. The Morgan fingerprint density at radius 3 is 2.18 bits per heavy atom. The van der Waals surface area contributed by atoms with Crippen LogP contribution in [0, 0.1) is 5.92 Å². The van der Waals surface area contributed by atoms with Gasteiger partial charge in [-0.05, 0) is 25.7 Å². The van der Waals surface area contributed by atoms with Crippen molar-refractivity contribution >= 4 is 17.8 Å². The van der Waals surface area contributed by atoms with E-state index in [1.807, 2.05) is 13.8 Å². The SMILES string of the molecule is CC(C)CC(C)(C(=O)O)N1C(=O)CCCC1=O. The van der Waals surface area contributed by atoms with Gasteiger partial charge in [0.2, 0.25) is 11.8 Å². The summed E-state index contributed by atoms with van der Waals surface area (Å²) in [5.74, 6) is -1.76. The number of carboxylic acids is 1. The molecular formula is C12H19NO4. The van der Waals surface area contributed by atoms with Crippen molar-refractivity contribution in [3.05, 3.63) is 0 Å². The third-order valence-electron chi connectivity index (χ3n) is 3.04. The van der Waals surface area contributed by atoms with Crippen LogP contribution in [-0.2, 0) is 14.4 Å². The average molecular weight is 241 g/mol. The van der Waals surface area contributed by atoms with Crippen LogP contribution in [0.5, 0.6) is 0 Å². The molecule has 1 aliphatic heterocycles. The highest BCUT2D eigenvalue weighted by Crippen LogP contribution is 2.29. The standard InChI is InChI=1S/C12H19NO4/c1-8(2)7-12(3,11(16)17)13-9(14)5-4-6-10(13)15/h8H,4-7H2,1-3H3,(H,16,17). The molecule has 1 unspecified atom stereocenters. The monoisotopic (exact) mass is 241 g/mol. The summed E-state index contributed by atoms with van der Waals surface area (Å²) in [7, 11) is 0. The molecule has 1 saturated heterocycles. The molecule has 1 heterocycles. The summed E-state index contributed by atoms with van der Waals surface area (Å²) in [5.41, 5.74) is -1.41. The summed E-state index contributed by atoms with van der Waals surface area (Å²) >= 11 is 0. The maximum atomic E-state index is 11.8. The molecule has 1 rings (SSSR count). The van der Waals surface area contributed by atoms with Gasteiger partial charge in [-0.1, -0.05) is 13.8 Å². The second-order valence-electron chi connectivity index (χ2n) is 5.15. The first-order valence-electron chi connectivity index (χ1n) is 5.88. The van der Waals surface area contributed by atoms with Crippen LogP contribution in [0.2, 0.25) is 0 Å². The Morgan fingerprint density at radius 2 is 1.82 bits per heavy atom. The Labute approximate surface area is 101 Å². The quantitative estimate of drug-likeness (QED) is 0.755. The van der Waals surface area contributed by atoms with Gasteiger partial charge >= 0.3 is 5.97 Å². The van der Waals surface area contributed by atoms with Crippen LogP contribution in [0.1, 0.15) is 46.5 Å². The zero-order valence-electron chi connectivity index (χ0n) is 10.5. The number of hydrogen-bond acceptors (Lipinski definition) is 3. The van der Waals surface area contributed by atoms with Crippen LogP contribution < -0.4 is 0 Å². The minimum absolute atomic E-state index is 0.0960. The molecule has 0 saturated carbocycles. The van der Waals surface area contributed by atoms with Gasteiger partial charge in [0.25, 0.3) is 0 Å². The number of likely N-dealkylation sites (tertiary alicyclic amines) is 1. The van der Waals surface area contributed by atoms with Gasteiger partial charge in [0.15, 0.2) is 0 Å². The number of carbonyl (C=O) groups excluding carboxylic acids is 2. The van der Waals surface area contributed by atoms with E-state index in [9.17, 15) is 19.5 Å². The highest BCUT2D eigenvalue weighted by molar-refractivity contribution is 6.02. The molecule has 5 heteroatoms. The van der Waals surface area contributed by atoms with Gasteiger partial charge in [-0.15, -0.1) is 0 Å². The number of carbonyl (C=O) groups is 3. The number of piperidine rings is 1. The van der Waals surface area contributed by atoms with Gasteiger partial charge in [0.1, 0.15) is 5.54 Å². The van der Waals surface area contributed by atoms with Crippen molar-refractivity contribution in [2.75, 3.05) is 0 Å². The largest absolute Gasteiger partial charge is 0.479 e. The van der Waals surface area contributed by atoms with Crippen molar-refractivity contribution in [3.8, 4) is 0 Å². The lowest BCUT2D eigenvalue weighted by Gasteiger charge is -2.39. The highest BCUT2D eigenvalue weighted by Gasteiger charge is 2.47. The van der Waals surface area contributed by atoms with Crippen LogP contribution in [0.15, 0.2) is 0 Å². The van der Waals surface area contributed by atoms with Crippen LogP contribution >= 0.6 is 0 Å². The summed E-state index contributed by atoms with van der Waals surface area (Å²) in [5, 5.41) is 9.32. The molecule has 0 aromatic rings. The molecule has 1 fully saturated rings. The van der Waals surface area contributed by atoms with Gasteiger partial charge in [0.05, 0.1) is 0 Å². The molecule has 17 heavy (non-hydrogen) atoms. The normalized spacial score (nSPS) is 20.6. The number of hydrogen-bond donors (Lipinski definition) is 1. The maximum Gasteiger partial charge on any atom is 0.329 e. The van der Waals surface area contributed by atoms with Crippen molar-refractivity contribution in [1.82, 2.24) is 4.90 Å². The molecule has 0 spiro atoms. The van der Waals surface area contributed by atoms with Crippen molar-refractivity contribution in [2.24, 2.45) is 5.92 Å². The second-order valence-corrected chi connectivity index (χ2v) is 5.15. The zero-order chi connectivity index (χ0) is 13.2. The van der Waals surface area contributed by atoms with Gasteiger partial charge in [-0.2, -0.15) is 0 Å². The number of aliphatic carboxylic acids is 1. The molecule has 2 amide bonds. The third kappa shape index (κ3) is 2.65. The molecule has 1 N–H and O–H groups in total. The second kappa shape index (κ2) is 4.85. The number of amides is 2. The van der Waals surface area contributed by atoms with E-state index in [-0.39, 0.29) is 37.0 Å². The highest BCUT2D eigenvalue weighted by atomic mass is 16.4. The molecule has 1 aliphatic rings. The van der Waals surface area contributed by atoms with Gasteiger partial charge in [-0.3, -0.25) is 14.5 Å². The molecule has 5 nitrogen and oxygen atoms in total. The Bertz CT molecular complexity index is 334. The maximum absolute atomic E-state index is 11.8. The van der Waals surface area contributed by atoms with E-state index in [2.05, 4.69) is 0 Å². The van der Waals surface area contributed by atoms with Crippen LogP contribution in [0.4, 0.5) is 0 Å². The van der Waals surface area contributed by atoms with E-state index < -0.39 is 11.5 Å². The number of rotatable bonds is 4.